The minimum Gasteiger partial charge on any atom is -0.493 e. The van der Waals surface area contributed by atoms with E-state index in [0.717, 1.165) is 27.8 Å². The number of carbonyl (C=O) groups excluding carboxylic acids is 3. The molecule has 1 aliphatic carbocycles. The number of benzene rings is 4. The molecule has 0 aliphatic heterocycles. The fourth-order valence-corrected chi connectivity index (χ4v) is 6.10. The number of fused-ring (bicyclic) bond motifs is 3. The lowest BCUT2D eigenvalue weighted by Gasteiger charge is -2.23. The molecule has 2 amide bonds. The quantitative estimate of drug-likeness (QED) is 0.129. The monoisotopic (exact) mass is 680 g/mol. The third-order valence-electron chi connectivity index (χ3n) is 8.44. The van der Waals surface area contributed by atoms with E-state index in [1.165, 1.54) is 0 Å². The van der Waals surface area contributed by atoms with Crippen LogP contribution in [-0.2, 0) is 25.5 Å². The summed E-state index contributed by atoms with van der Waals surface area (Å²) in [4.78, 5) is 39.5. The Balaban J connectivity index is 1.24. The summed E-state index contributed by atoms with van der Waals surface area (Å²) < 4.78 is 21.8. The van der Waals surface area contributed by atoms with Crippen LogP contribution in [0.5, 0.6) is 11.5 Å². The second kappa shape index (κ2) is 15.9. The van der Waals surface area contributed by atoms with Crippen LogP contribution in [0.25, 0.3) is 11.1 Å². The van der Waals surface area contributed by atoms with Crippen LogP contribution in [0.15, 0.2) is 91.0 Å². The van der Waals surface area contributed by atoms with Crippen molar-refractivity contribution in [2.45, 2.75) is 63.7 Å². The second-order valence-corrected chi connectivity index (χ2v) is 13.2. The summed E-state index contributed by atoms with van der Waals surface area (Å²) in [6.45, 7) is 5.21. The molecule has 2 atom stereocenters. The second-order valence-electron chi connectivity index (χ2n) is 13.2. The van der Waals surface area contributed by atoms with Crippen LogP contribution in [0, 0.1) is 0 Å². The van der Waals surface area contributed by atoms with Crippen molar-refractivity contribution in [1.29, 1.82) is 0 Å². The van der Waals surface area contributed by atoms with Gasteiger partial charge >= 0.3 is 12.1 Å². The van der Waals surface area contributed by atoms with Crippen molar-refractivity contribution in [3.05, 3.63) is 113 Å². The number of hydrogen-bond donors (Lipinski definition) is 3. The lowest BCUT2D eigenvalue weighted by atomic mass is 9.98. The van der Waals surface area contributed by atoms with Gasteiger partial charge < -0.3 is 34.7 Å². The summed E-state index contributed by atoms with van der Waals surface area (Å²) in [7, 11) is 3.14. The number of methoxy groups -OCH3 is 2. The van der Waals surface area contributed by atoms with Crippen LogP contribution in [0.4, 0.5) is 10.5 Å². The Hall–Kier alpha value is -5.35. The Morgan fingerprint density at radius 1 is 0.820 bits per heavy atom. The maximum atomic E-state index is 13.6. The van der Waals surface area contributed by atoms with Crippen molar-refractivity contribution in [3.63, 3.8) is 0 Å². The number of rotatable bonds is 13. The van der Waals surface area contributed by atoms with Gasteiger partial charge in [0.1, 0.15) is 18.2 Å². The molecule has 0 aromatic heterocycles. The topological polar surface area (TPSA) is 132 Å². The van der Waals surface area contributed by atoms with Crippen molar-refractivity contribution in [3.8, 4) is 22.6 Å². The van der Waals surface area contributed by atoms with Crippen molar-refractivity contribution >= 4 is 23.7 Å². The summed E-state index contributed by atoms with van der Waals surface area (Å²) in [5, 5.41) is 16.3. The smallest absolute Gasteiger partial charge is 0.407 e. The van der Waals surface area contributed by atoms with Crippen molar-refractivity contribution in [2.75, 3.05) is 26.1 Å². The van der Waals surface area contributed by atoms with E-state index in [1.54, 1.807) is 59.3 Å². The number of esters is 1. The standard InChI is InChI=1S/C40H44N2O8/c1-40(2,3)50-37(44)23-33(42-39(46)49-24-32-30-15-8-6-13-28(30)29-14-7-9-16-31(29)32)38(45)41-27-12-10-11-26(22-27)34(43)19-17-25-18-20-35(47-4)36(21-25)48-5/h6-16,18,20-22,32-34,43H,17,19,23-24H2,1-5H3,(H,41,45)(H,42,46). The third-order valence-corrected chi connectivity index (χ3v) is 8.44. The molecule has 0 heterocycles. The lowest BCUT2D eigenvalue weighted by Crippen LogP contribution is -2.46. The number of aliphatic hydroxyl groups is 1. The molecule has 50 heavy (non-hydrogen) atoms. The Morgan fingerprint density at radius 2 is 1.48 bits per heavy atom. The highest BCUT2D eigenvalue weighted by Gasteiger charge is 2.31. The maximum Gasteiger partial charge on any atom is 0.407 e. The molecule has 10 nitrogen and oxygen atoms in total. The Kier molecular flexibility index (Phi) is 11.4. The lowest BCUT2D eigenvalue weighted by molar-refractivity contribution is -0.156. The van der Waals surface area contributed by atoms with Crippen LogP contribution in [0.1, 0.15) is 67.9 Å². The molecule has 3 N–H and O–H groups in total. The molecule has 0 saturated carbocycles. The van der Waals surface area contributed by atoms with Crippen molar-refractivity contribution in [2.24, 2.45) is 0 Å². The minimum absolute atomic E-state index is 0.0455. The molecular formula is C40H44N2O8. The number of aliphatic hydroxyl groups excluding tert-OH is 1. The number of carbonyl (C=O) groups is 3. The third kappa shape index (κ3) is 9.00. The largest absolute Gasteiger partial charge is 0.493 e. The van der Waals surface area contributed by atoms with Crippen LogP contribution in [0.2, 0.25) is 0 Å². The van der Waals surface area contributed by atoms with Gasteiger partial charge in [0.25, 0.3) is 0 Å². The van der Waals surface area contributed by atoms with Gasteiger partial charge in [0, 0.05) is 11.6 Å². The van der Waals surface area contributed by atoms with Gasteiger partial charge in [-0.15, -0.1) is 0 Å². The average Bonchev–Trinajstić information content (AvgIpc) is 3.42. The number of hydrogen-bond acceptors (Lipinski definition) is 8. The van der Waals surface area contributed by atoms with Crippen LogP contribution in [-0.4, -0.2) is 55.5 Å². The summed E-state index contributed by atoms with van der Waals surface area (Å²) >= 11 is 0. The Bertz CT molecular complexity index is 1790. The van der Waals surface area contributed by atoms with E-state index in [-0.39, 0.29) is 12.5 Å². The highest BCUT2D eigenvalue weighted by atomic mass is 16.6. The van der Waals surface area contributed by atoms with Gasteiger partial charge in [0.05, 0.1) is 26.7 Å². The normalized spacial score (nSPS) is 13.3. The average molecular weight is 681 g/mol. The fourth-order valence-electron chi connectivity index (χ4n) is 6.10. The Morgan fingerprint density at radius 3 is 2.12 bits per heavy atom. The molecule has 2 unspecified atom stereocenters. The molecule has 0 fully saturated rings. The van der Waals surface area contributed by atoms with Gasteiger partial charge in [-0.05, 0) is 91.3 Å². The van der Waals surface area contributed by atoms with E-state index in [9.17, 15) is 19.5 Å². The molecule has 1 aliphatic rings. The minimum atomic E-state index is -1.29. The molecule has 4 aromatic carbocycles. The highest BCUT2D eigenvalue weighted by Crippen LogP contribution is 2.44. The van der Waals surface area contributed by atoms with E-state index in [0.29, 0.717) is 35.6 Å². The zero-order valence-corrected chi connectivity index (χ0v) is 29.0. The first-order valence-electron chi connectivity index (χ1n) is 16.6. The van der Waals surface area contributed by atoms with Gasteiger partial charge in [-0.25, -0.2) is 4.79 Å². The van der Waals surface area contributed by atoms with Crippen LogP contribution in [0.3, 0.4) is 0 Å². The highest BCUT2D eigenvalue weighted by molar-refractivity contribution is 5.98. The molecule has 4 aromatic rings. The molecule has 10 heteroatoms. The number of ether oxygens (including phenoxy) is 4. The number of nitrogens with one attached hydrogen (secondary N) is 2. The predicted molar refractivity (Wildman–Crippen MR) is 190 cm³/mol. The van der Waals surface area contributed by atoms with E-state index >= 15 is 0 Å². The zero-order chi connectivity index (χ0) is 35.8. The number of anilines is 1. The molecule has 5 rings (SSSR count). The summed E-state index contributed by atoms with van der Waals surface area (Å²) in [6.07, 6.45) is -1.09. The fraction of sp³-hybridized carbons (Fsp3) is 0.325. The SMILES string of the molecule is COc1ccc(CCC(O)c2cccc(NC(=O)C(CC(=O)OC(C)(C)C)NC(=O)OCC3c4ccccc4-c4ccccc43)c2)cc1OC. The van der Waals surface area contributed by atoms with Crippen molar-refractivity contribution < 1.29 is 38.4 Å². The van der Waals surface area contributed by atoms with Gasteiger partial charge in [-0.2, -0.15) is 0 Å². The maximum absolute atomic E-state index is 13.6. The molecule has 0 radical (unpaired) electrons. The van der Waals surface area contributed by atoms with Crippen LogP contribution >= 0.6 is 0 Å². The first kappa shape index (κ1) is 35.9. The molecule has 262 valence electrons. The van der Waals surface area contributed by atoms with Crippen molar-refractivity contribution in [1.82, 2.24) is 5.32 Å². The molecule has 0 bridgehead atoms. The van der Waals surface area contributed by atoms with Gasteiger partial charge in [-0.1, -0.05) is 66.7 Å². The predicted octanol–water partition coefficient (Wildman–Crippen LogP) is 6.95. The first-order chi connectivity index (χ1) is 24.0. The number of amides is 2. The molecule has 0 spiro atoms. The number of alkyl carbamates (subject to hydrolysis) is 1. The van der Waals surface area contributed by atoms with Gasteiger partial charge in [-0.3, -0.25) is 9.59 Å². The summed E-state index contributed by atoms with van der Waals surface area (Å²) in [5.74, 6) is -0.236. The van der Waals surface area contributed by atoms with Gasteiger partial charge in [0.2, 0.25) is 5.91 Å². The van der Waals surface area contributed by atoms with Crippen LogP contribution < -0.4 is 20.1 Å². The van der Waals surface area contributed by atoms with E-state index in [2.05, 4.69) is 10.6 Å². The van der Waals surface area contributed by atoms with E-state index < -0.39 is 42.1 Å². The zero-order valence-electron chi connectivity index (χ0n) is 29.0. The number of aryl methyl sites for hydroxylation is 1. The molecular weight excluding hydrogens is 636 g/mol. The summed E-state index contributed by atoms with van der Waals surface area (Å²) in [5.41, 5.74) is 5.45. The Labute approximate surface area is 292 Å². The van der Waals surface area contributed by atoms with Gasteiger partial charge in [0.15, 0.2) is 11.5 Å². The van der Waals surface area contributed by atoms with E-state index in [4.69, 9.17) is 18.9 Å². The summed E-state index contributed by atoms with van der Waals surface area (Å²) in [6, 6.07) is 27.1. The first-order valence-corrected chi connectivity index (χ1v) is 16.6. The molecule has 0 saturated heterocycles. The van der Waals surface area contributed by atoms with E-state index in [1.807, 2.05) is 66.7 Å².